The number of aromatic nitrogens is 2. The number of rotatable bonds is 2. The molecule has 0 saturated heterocycles. The summed E-state index contributed by atoms with van der Waals surface area (Å²) in [6, 6.07) is 5.88. The average Bonchev–Trinajstić information content (AvgIpc) is 2.32. The van der Waals surface area contributed by atoms with Gasteiger partial charge >= 0.3 is 0 Å². The minimum Gasteiger partial charge on any atom is -0.496 e. The molecule has 0 aliphatic rings. The molecule has 0 unspecified atom stereocenters. The number of ether oxygens (including phenoxy) is 1. The maximum atomic E-state index is 5.80. The zero-order valence-electron chi connectivity index (χ0n) is 10.2. The van der Waals surface area contributed by atoms with E-state index in [0.29, 0.717) is 11.6 Å². The molecule has 0 aliphatic heterocycles. The van der Waals surface area contributed by atoms with Crippen molar-refractivity contribution in [2.45, 2.75) is 13.8 Å². The Hall–Kier alpha value is -2.10. The van der Waals surface area contributed by atoms with Crippen molar-refractivity contribution < 1.29 is 4.74 Å². The lowest BCUT2D eigenvalue weighted by Crippen LogP contribution is -1.99. The summed E-state index contributed by atoms with van der Waals surface area (Å²) in [5.74, 6) is 1.84. The van der Waals surface area contributed by atoms with Gasteiger partial charge in [0.1, 0.15) is 11.6 Å². The number of methoxy groups -OCH3 is 1. The highest BCUT2D eigenvalue weighted by atomic mass is 16.5. The summed E-state index contributed by atoms with van der Waals surface area (Å²) in [7, 11) is 1.63. The van der Waals surface area contributed by atoms with Crippen molar-refractivity contribution in [1.29, 1.82) is 0 Å². The highest BCUT2D eigenvalue weighted by Gasteiger charge is 2.10. The molecular weight excluding hydrogens is 214 g/mol. The third-order valence-electron chi connectivity index (χ3n) is 2.61. The number of nitrogens with zero attached hydrogens (tertiary/aromatic N) is 2. The lowest BCUT2D eigenvalue weighted by molar-refractivity contribution is 0.416. The van der Waals surface area contributed by atoms with Crippen LogP contribution in [0.1, 0.15) is 11.1 Å². The number of hydrogen-bond acceptors (Lipinski definition) is 4. The predicted octanol–water partition coefficient (Wildman–Crippen LogP) is 2.35. The Morgan fingerprint density at radius 2 is 2.00 bits per heavy atom. The highest BCUT2D eigenvalue weighted by Crippen LogP contribution is 2.28. The molecule has 2 aromatic rings. The third kappa shape index (κ3) is 2.20. The second-order valence-corrected chi connectivity index (χ2v) is 3.97. The average molecular weight is 229 g/mol. The Morgan fingerprint density at radius 1 is 1.24 bits per heavy atom. The van der Waals surface area contributed by atoms with Gasteiger partial charge in [-0.2, -0.15) is 0 Å². The van der Waals surface area contributed by atoms with Crippen LogP contribution in [-0.2, 0) is 0 Å². The van der Waals surface area contributed by atoms with Gasteiger partial charge in [0.15, 0.2) is 5.82 Å². The number of hydrogen-bond donors (Lipinski definition) is 1. The van der Waals surface area contributed by atoms with Gasteiger partial charge in [0.2, 0.25) is 0 Å². The van der Waals surface area contributed by atoms with Crippen molar-refractivity contribution in [3.05, 3.63) is 35.5 Å². The molecule has 0 bridgehead atoms. The standard InChI is InChI=1S/C13H15N3O/c1-8-4-5-11(17-3)10(6-8)13-15-7-9(2)12(14)16-13/h4-7H,1-3H3,(H2,14,15,16). The molecule has 1 aromatic heterocycles. The summed E-state index contributed by atoms with van der Waals surface area (Å²) in [5, 5.41) is 0. The van der Waals surface area contributed by atoms with E-state index < -0.39 is 0 Å². The van der Waals surface area contributed by atoms with E-state index in [-0.39, 0.29) is 0 Å². The number of benzene rings is 1. The Bertz CT molecular complexity index is 552. The largest absolute Gasteiger partial charge is 0.496 e. The highest BCUT2D eigenvalue weighted by molar-refractivity contribution is 5.66. The second kappa shape index (κ2) is 4.41. The molecule has 0 aliphatic carbocycles. The van der Waals surface area contributed by atoms with Crippen molar-refractivity contribution in [1.82, 2.24) is 9.97 Å². The van der Waals surface area contributed by atoms with Crippen molar-refractivity contribution >= 4 is 5.82 Å². The van der Waals surface area contributed by atoms with Crippen molar-refractivity contribution in [2.75, 3.05) is 12.8 Å². The van der Waals surface area contributed by atoms with E-state index in [2.05, 4.69) is 9.97 Å². The summed E-state index contributed by atoms with van der Waals surface area (Å²) >= 11 is 0. The molecule has 1 heterocycles. The number of anilines is 1. The molecule has 4 nitrogen and oxygen atoms in total. The normalized spacial score (nSPS) is 10.3. The van der Waals surface area contributed by atoms with Crippen molar-refractivity contribution in [3.63, 3.8) is 0 Å². The van der Waals surface area contributed by atoms with Crippen molar-refractivity contribution in [3.8, 4) is 17.1 Å². The number of nitrogen functional groups attached to an aromatic ring is 1. The van der Waals surface area contributed by atoms with Gasteiger partial charge in [0, 0.05) is 11.8 Å². The first kappa shape index (κ1) is 11.4. The van der Waals surface area contributed by atoms with Crippen LogP contribution < -0.4 is 10.5 Å². The first-order valence-electron chi connectivity index (χ1n) is 5.36. The first-order valence-corrected chi connectivity index (χ1v) is 5.36. The van der Waals surface area contributed by atoms with Crippen LogP contribution in [-0.4, -0.2) is 17.1 Å². The molecule has 2 rings (SSSR count). The smallest absolute Gasteiger partial charge is 0.165 e. The summed E-state index contributed by atoms with van der Waals surface area (Å²) in [6.45, 7) is 3.90. The van der Waals surface area contributed by atoms with Crippen LogP contribution in [0.25, 0.3) is 11.4 Å². The van der Waals surface area contributed by atoms with Gasteiger partial charge in [-0.25, -0.2) is 9.97 Å². The molecule has 0 spiro atoms. The zero-order chi connectivity index (χ0) is 12.4. The van der Waals surface area contributed by atoms with Crippen LogP contribution in [0.15, 0.2) is 24.4 Å². The van der Waals surface area contributed by atoms with E-state index >= 15 is 0 Å². The van der Waals surface area contributed by atoms with E-state index in [9.17, 15) is 0 Å². The Balaban J connectivity index is 2.58. The summed E-state index contributed by atoms with van der Waals surface area (Å²) < 4.78 is 5.30. The summed E-state index contributed by atoms with van der Waals surface area (Å²) in [5.41, 5.74) is 8.66. The van der Waals surface area contributed by atoms with E-state index in [1.165, 1.54) is 0 Å². The lowest BCUT2D eigenvalue weighted by atomic mass is 10.1. The lowest BCUT2D eigenvalue weighted by Gasteiger charge is -2.09. The molecule has 4 heteroatoms. The monoisotopic (exact) mass is 229 g/mol. The van der Waals surface area contributed by atoms with Crippen LogP contribution >= 0.6 is 0 Å². The Kier molecular flexibility index (Phi) is 2.95. The van der Waals surface area contributed by atoms with E-state index in [0.717, 1.165) is 22.4 Å². The predicted molar refractivity (Wildman–Crippen MR) is 67.9 cm³/mol. The van der Waals surface area contributed by atoms with Crippen LogP contribution in [0.2, 0.25) is 0 Å². The van der Waals surface area contributed by atoms with Gasteiger partial charge in [0.25, 0.3) is 0 Å². The maximum absolute atomic E-state index is 5.80. The van der Waals surface area contributed by atoms with Gasteiger partial charge in [-0.15, -0.1) is 0 Å². The van der Waals surface area contributed by atoms with Crippen LogP contribution in [0.5, 0.6) is 5.75 Å². The van der Waals surface area contributed by atoms with Gasteiger partial charge in [-0.3, -0.25) is 0 Å². The Labute approximate surface area is 100 Å². The van der Waals surface area contributed by atoms with Gasteiger partial charge in [0.05, 0.1) is 12.7 Å². The molecule has 0 amide bonds. The quantitative estimate of drug-likeness (QED) is 0.858. The molecular formula is C13H15N3O. The van der Waals surface area contributed by atoms with E-state index in [4.69, 9.17) is 10.5 Å². The first-order chi connectivity index (χ1) is 8.11. The molecule has 0 saturated carbocycles. The molecule has 17 heavy (non-hydrogen) atoms. The third-order valence-corrected chi connectivity index (χ3v) is 2.61. The summed E-state index contributed by atoms with van der Waals surface area (Å²) in [4.78, 5) is 8.57. The van der Waals surface area contributed by atoms with Crippen LogP contribution in [0.4, 0.5) is 5.82 Å². The van der Waals surface area contributed by atoms with Crippen LogP contribution in [0.3, 0.4) is 0 Å². The summed E-state index contributed by atoms with van der Waals surface area (Å²) in [6.07, 6.45) is 1.72. The maximum Gasteiger partial charge on any atom is 0.165 e. The van der Waals surface area contributed by atoms with Gasteiger partial charge < -0.3 is 10.5 Å². The van der Waals surface area contributed by atoms with E-state index in [1.54, 1.807) is 13.3 Å². The molecule has 88 valence electrons. The fraction of sp³-hybridized carbons (Fsp3) is 0.231. The number of aryl methyl sites for hydroxylation is 2. The van der Waals surface area contributed by atoms with Crippen LogP contribution in [0, 0.1) is 13.8 Å². The SMILES string of the molecule is COc1ccc(C)cc1-c1ncc(C)c(N)n1. The Morgan fingerprint density at radius 3 is 2.65 bits per heavy atom. The molecule has 0 atom stereocenters. The van der Waals surface area contributed by atoms with Crippen molar-refractivity contribution in [2.24, 2.45) is 0 Å². The molecule has 0 radical (unpaired) electrons. The minimum atomic E-state index is 0.499. The minimum absolute atomic E-state index is 0.499. The van der Waals surface area contributed by atoms with E-state index in [1.807, 2.05) is 32.0 Å². The van der Waals surface area contributed by atoms with Gasteiger partial charge in [-0.1, -0.05) is 11.6 Å². The molecule has 1 aromatic carbocycles. The van der Waals surface area contributed by atoms with Gasteiger partial charge in [-0.05, 0) is 26.0 Å². The second-order valence-electron chi connectivity index (χ2n) is 3.97. The number of nitrogens with two attached hydrogens (primary N) is 1. The molecule has 0 fully saturated rings. The topological polar surface area (TPSA) is 61.0 Å². The molecule has 2 N–H and O–H groups in total. The zero-order valence-corrected chi connectivity index (χ0v) is 10.2. The fourth-order valence-electron chi connectivity index (χ4n) is 1.58. The fourth-order valence-corrected chi connectivity index (χ4v) is 1.58.